The van der Waals surface area contributed by atoms with E-state index in [2.05, 4.69) is 4.98 Å². The third-order valence-corrected chi connectivity index (χ3v) is 8.54. The Morgan fingerprint density at radius 1 is 0.814 bits per heavy atom. The Balaban J connectivity index is 1.83. The molecule has 10 heteroatoms. The van der Waals surface area contributed by atoms with Crippen molar-refractivity contribution in [2.75, 3.05) is 0 Å². The molecule has 0 saturated heterocycles. The van der Waals surface area contributed by atoms with E-state index in [9.17, 15) is 24.9 Å². The van der Waals surface area contributed by atoms with Crippen LogP contribution in [0, 0.1) is 6.92 Å². The van der Waals surface area contributed by atoms with E-state index < -0.39 is 11.9 Å². The zero-order valence-electron chi connectivity index (χ0n) is 24.7. The van der Waals surface area contributed by atoms with Gasteiger partial charge in [-0.1, -0.05) is 0 Å². The number of fused-ring (bicyclic) bond motifs is 5. The van der Waals surface area contributed by atoms with E-state index in [0.29, 0.717) is 39.1 Å². The Hall–Kier alpha value is -4.44. The first kappa shape index (κ1) is 30.0. The Labute approximate surface area is 254 Å². The molecule has 5 rings (SSSR count). The lowest BCUT2D eigenvalue weighted by Gasteiger charge is -2.09. The first-order chi connectivity index (χ1) is 20.4. The van der Waals surface area contributed by atoms with Gasteiger partial charge in [-0.25, -0.2) is 15.0 Å². The average molecular weight is 599 g/mol. The molecule has 4 aliphatic heterocycles. The molecule has 0 aliphatic carbocycles. The summed E-state index contributed by atoms with van der Waals surface area (Å²) in [6.45, 7) is 9.73. The first-order valence-electron chi connectivity index (χ1n) is 14.1. The Morgan fingerprint density at radius 3 is 2.02 bits per heavy atom. The van der Waals surface area contributed by atoms with Gasteiger partial charge in [0.05, 0.1) is 45.8 Å². The Bertz CT molecular complexity index is 1890. The molecule has 1 aromatic rings. The molecule has 0 radical (unpaired) electrons. The lowest BCUT2D eigenvalue weighted by Crippen LogP contribution is -2.25. The summed E-state index contributed by atoms with van der Waals surface area (Å²) in [5.41, 5.74) is 10.8. The minimum Gasteiger partial charge on any atom is -0.515 e. The summed E-state index contributed by atoms with van der Waals surface area (Å²) in [6.07, 6.45) is 9.06. The summed E-state index contributed by atoms with van der Waals surface area (Å²) >= 11 is 4.75. The highest BCUT2D eigenvalue weighted by Gasteiger charge is 2.28. The number of aromatic amines is 1. The summed E-state index contributed by atoms with van der Waals surface area (Å²) in [5.74, 6) is -1.82. The molecular formula is C33H34N4O5S. The molecule has 43 heavy (non-hydrogen) atoms. The molecule has 9 nitrogen and oxygen atoms in total. The number of nitrogens with one attached hydrogen (secondary N) is 1. The van der Waals surface area contributed by atoms with E-state index in [1.807, 2.05) is 58.9 Å². The van der Waals surface area contributed by atoms with Crippen LogP contribution in [0.25, 0.3) is 18.4 Å². The van der Waals surface area contributed by atoms with Crippen molar-refractivity contribution in [3.8, 4) is 0 Å². The lowest BCUT2D eigenvalue weighted by molar-refractivity contribution is -0.137. The number of aliphatic carboxylic acids is 2. The molecule has 1 aromatic heterocycles. The first-order valence-corrected chi connectivity index (χ1v) is 14.6. The van der Waals surface area contributed by atoms with Crippen LogP contribution in [0.5, 0.6) is 0 Å². The molecule has 0 saturated carbocycles. The van der Waals surface area contributed by atoms with Crippen molar-refractivity contribution in [1.29, 1.82) is 0 Å². The van der Waals surface area contributed by atoms with E-state index in [1.54, 1.807) is 0 Å². The number of aliphatic hydroxyl groups excluding tert-OH is 1. The van der Waals surface area contributed by atoms with Crippen LogP contribution in [-0.4, -0.2) is 54.6 Å². The monoisotopic (exact) mass is 598 g/mol. The standard InChI is InChI=1S/C33H34N4O5S/c1-15-20(6-8-31(39)40)27-13-28-21(7-9-32(41)42)16(2)25(35-28)12-30-33(19(5)43)18(4)26(37-30)11-29-22(14-38)17(3)24(36-29)10-23(15)34-27/h10-14,19,36,38,43H,6-9H2,1-5H3,(H,39,40)(H,41,42)/t19-/m0/s1. The predicted octanol–water partition coefficient (Wildman–Crippen LogP) is 4.88. The summed E-state index contributed by atoms with van der Waals surface area (Å²) in [4.78, 5) is 41.3. The molecule has 0 fully saturated rings. The minimum absolute atomic E-state index is 0.0601. The topological polar surface area (TPSA) is 148 Å². The molecule has 222 valence electrons. The Kier molecular flexibility index (Phi) is 8.16. The molecule has 4 N–H and O–H groups in total. The van der Waals surface area contributed by atoms with Crippen molar-refractivity contribution in [3.05, 3.63) is 84.5 Å². The van der Waals surface area contributed by atoms with Gasteiger partial charge in [0.2, 0.25) is 0 Å². The number of thiol groups is 1. The second-order valence-electron chi connectivity index (χ2n) is 11.1. The predicted molar refractivity (Wildman–Crippen MR) is 173 cm³/mol. The maximum atomic E-state index is 11.5. The number of H-pyrrole nitrogens is 1. The summed E-state index contributed by atoms with van der Waals surface area (Å²) in [6, 6.07) is 0. The SMILES string of the molecule is CC1=C(CCC(=O)O)C2=CC3=NC(=Cc4[nH]c(c(=CO)c4C)=CC4=NC(=CC1=N2)C([C@H](C)S)=C4C)C(C)=C3CCC(=O)O. The van der Waals surface area contributed by atoms with Crippen LogP contribution in [0.15, 0.2) is 77.7 Å². The number of aliphatic imine (C=N–C) groups is 3. The van der Waals surface area contributed by atoms with Crippen molar-refractivity contribution in [2.45, 2.75) is 65.6 Å². The summed E-state index contributed by atoms with van der Waals surface area (Å²) < 4.78 is 0. The van der Waals surface area contributed by atoms with Gasteiger partial charge >= 0.3 is 11.9 Å². The van der Waals surface area contributed by atoms with Gasteiger partial charge < -0.3 is 20.3 Å². The molecule has 0 amide bonds. The van der Waals surface area contributed by atoms with Crippen molar-refractivity contribution in [2.24, 2.45) is 15.0 Å². The highest BCUT2D eigenvalue weighted by Crippen LogP contribution is 2.37. The maximum Gasteiger partial charge on any atom is 0.303 e. The summed E-state index contributed by atoms with van der Waals surface area (Å²) in [5, 5.41) is 30.3. The molecular weight excluding hydrogens is 564 g/mol. The molecule has 4 aliphatic rings. The number of nitrogens with zero attached hydrogens (tertiary/aromatic N) is 3. The average Bonchev–Trinajstić information content (AvgIpc) is 3.59. The van der Waals surface area contributed by atoms with Crippen LogP contribution in [0.4, 0.5) is 0 Å². The van der Waals surface area contributed by atoms with Crippen molar-refractivity contribution in [3.63, 3.8) is 0 Å². The smallest absolute Gasteiger partial charge is 0.303 e. The second kappa shape index (κ2) is 11.7. The maximum absolute atomic E-state index is 11.5. The second-order valence-corrected chi connectivity index (χ2v) is 11.8. The number of carbonyl (C=O) groups is 2. The van der Waals surface area contributed by atoms with Crippen LogP contribution >= 0.6 is 12.6 Å². The molecule has 0 aromatic carbocycles. The summed E-state index contributed by atoms with van der Waals surface area (Å²) in [7, 11) is 0. The molecule has 1 atom stereocenters. The number of hydrogen-bond acceptors (Lipinski definition) is 7. The molecule has 0 spiro atoms. The fourth-order valence-corrected chi connectivity index (χ4v) is 6.19. The highest BCUT2D eigenvalue weighted by molar-refractivity contribution is 7.81. The molecule has 8 bridgehead atoms. The fourth-order valence-electron chi connectivity index (χ4n) is 5.86. The van der Waals surface area contributed by atoms with Gasteiger partial charge in [-0.05, 0) is 111 Å². The van der Waals surface area contributed by atoms with E-state index in [0.717, 1.165) is 56.7 Å². The van der Waals surface area contributed by atoms with Gasteiger partial charge in [0.15, 0.2) is 0 Å². The van der Waals surface area contributed by atoms with E-state index in [1.165, 1.54) is 0 Å². The number of allylic oxidation sites excluding steroid dienone is 8. The fraction of sp³-hybridized carbons (Fsp3) is 0.303. The van der Waals surface area contributed by atoms with Crippen molar-refractivity contribution in [1.82, 2.24) is 4.98 Å². The number of aromatic nitrogens is 1. The number of aliphatic hydroxyl groups is 1. The van der Waals surface area contributed by atoms with Gasteiger partial charge in [0.25, 0.3) is 0 Å². The van der Waals surface area contributed by atoms with Crippen molar-refractivity contribution >= 4 is 60.1 Å². The number of carboxylic acid groups (broad SMARTS) is 2. The zero-order chi connectivity index (χ0) is 31.2. The number of hydrogen-bond donors (Lipinski definition) is 5. The van der Waals surface area contributed by atoms with Gasteiger partial charge in [-0.15, -0.1) is 0 Å². The van der Waals surface area contributed by atoms with Crippen molar-refractivity contribution < 1.29 is 24.9 Å². The van der Waals surface area contributed by atoms with Gasteiger partial charge in [0, 0.05) is 29.0 Å². The normalized spacial score (nSPS) is 19.2. The minimum atomic E-state index is -0.911. The van der Waals surface area contributed by atoms with E-state index in [-0.39, 0.29) is 30.9 Å². The van der Waals surface area contributed by atoms with Gasteiger partial charge in [-0.3, -0.25) is 9.59 Å². The van der Waals surface area contributed by atoms with Crippen LogP contribution in [0.1, 0.15) is 64.6 Å². The molecule has 5 heterocycles. The largest absolute Gasteiger partial charge is 0.515 e. The van der Waals surface area contributed by atoms with E-state index >= 15 is 0 Å². The van der Waals surface area contributed by atoms with Crippen LogP contribution < -0.4 is 10.6 Å². The van der Waals surface area contributed by atoms with E-state index in [4.69, 9.17) is 27.6 Å². The molecule has 0 unspecified atom stereocenters. The third-order valence-electron chi connectivity index (χ3n) is 8.28. The zero-order valence-corrected chi connectivity index (χ0v) is 25.6. The number of rotatable bonds is 7. The highest BCUT2D eigenvalue weighted by atomic mass is 32.1. The number of carboxylic acids is 2. The quantitative estimate of drug-likeness (QED) is 0.284. The lowest BCUT2D eigenvalue weighted by atomic mass is 9.96. The van der Waals surface area contributed by atoms with Gasteiger partial charge in [0.1, 0.15) is 0 Å². The van der Waals surface area contributed by atoms with Crippen LogP contribution in [0.3, 0.4) is 0 Å². The third kappa shape index (κ3) is 5.67. The van der Waals surface area contributed by atoms with Gasteiger partial charge in [-0.2, -0.15) is 12.6 Å². The van der Waals surface area contributed by atoms with Crippen LogP contribution in [0.2, 0.25) is 0 Å². The van der Waals surface area contributed by atoms with Crippen LogP contribution in [-0.2, 0) is 9.59 Å². The Morgan fingerprint density at radius 2 is 1.40 bits per heavy atom.